The quantitative estimate of drug-likeness (QED) is 0.580. The summed E-state index contributed by atoms with van der Waals surface area (Å²) in [6.07, 6.45) is 1.36. The SMILES string of the molecule is Cn1cc(C(=O)O)c(=O)c2cc(N)c(N3CCN(C4=Nc5ccccc5SC4)CC3)cc21. The Morgan fingerprint density at radius 2 is 1.84 bits per heavy atom. The van der Waals surface area contributed by atoms with E-state index in [9.17, 15) is 14.7 Å². The number of aliphatic imine (C=N–C) groups is 1. The Balaban J connectivity index is 1.40. The zero-order valence-electron chi connectivity index (χ0n) is 17.6. The molecule has 0 aliphatic carbocycles. The first kappa shape index (κ1) is 20.4. The lowest BCUT2D eigenvalue weighted by Crippen LogP contribution is -2.49. The van der Waals surface area contributed by atoms with Gasteiger partial charge in [-0.1, -0.05) is 12.1 Å². The van der Waals surface area contributed by atoms with E-state index in [1.54, 1.807) is 17.7 Å². The summed E-state index contributed by atoms with van der Waals surface area (Å²) in [4.78, 5) is 34.6. The normalized spacial score (nSPS) is 16.1. The van der Waals surface area contributed by atoms with Gasteiger partial charge in [-0.05, 0) is 24.3 Å². The molecule has 3 aromatic rings. The topological polar surface area (TPSA) is 104 Å². The number of hydrogen-bond donors (Lipinski definition) is 2. The number of nitrogen functional groups attached to an aromatic ring is 1. The van der Waals surface area contributed by atoms with Gasteiger partial charge in [-0.15, -0.1) is 11.8 Å². The molecule has 8 nitrogen and oxygen atoms in total. The lowest BCUT2D eigenvalue weighted by molar-refractivity contribution is 0.0695. The van der Waals surface area contributed by atoms with Gasteiger partial charge in [0.05, 0.1) is 28.3 Å². The van der Waals surface area contributed by atoms with Crippen LogP contribution in [0.2, 0.25) is 0 Å². The molecule has 2 aliphatic heterocycles. The minimum atomic E-state index is -1.24. The van der Waals surface area contributed by atoms with E-state index in [0.717, 1.165) is 49.1 Å². The Morgan fingerprint density at radius 1 is 1.12 bits per heavy atom. The smallest absolute Gasteiger partial charge is 0.341 e. The van der Waals surface area contributed by atoms with Crippen molar-refractivity contribution < 1.29 is 9.90 Å². The summed E-state index contributed by atoms with van der Waals surface area (Å²) in [7, 11) is 1.74. The minimum Gasteiger partial charge on any atom is -0.477 e. The second-order valence-electron chi connectivity index (χ2n) is 7.97. The van der Waals surface area contributed by atoms with E-state index in [-0.39, 0.29) is 5.56 Å². The maximum absolute atomic E-state index is 12.6. The molecule has 0 unspecified atom stereocenters. The van der Waals surface area contributed by atoms with Crippen LogP contribution in [-0.4, -0.2) is 58.3 Å². The Labute approximate surface area is 189 Å². The number of aromatic carboxylic acids is 1. The van der Waals surface area contributed by atoms with Gasteiger partial charge in [0.2, 0.25) is 5.43 Å². The van der Waals surface area contributed by atoms with Gasteiger partial charge in [0.25, 0.3) is 0 Å². The highest BCUT2D eigenvalue weighted by Crippen LogP contribution is 2.35. The number of nitrogens with two attached hydrogens (primary N) is 1. The van der Waals surface area contributed by atoms with Gasteiger partial charge >= 0.3 is 5.97 Å². The molecule has 1 fully saturated rings. The van der Waals surface area contributed by atoms with Crippen molar-refractivity contribution in [3.05, 3.63) is 58.4 Å². The monoisotopic (exact) mass is 449 g/mol. The molecule has 164 valence electrons. The Kier molecular flexibility index (Phi) is 5.05. The average Bonchev–Trinajstić information content (AvgIpc) is 2.81. The number of anilines is 2. The first-order valence-electron chi connectivity index (χ1n) is 10.4. The van der Waals surface area contributed by atoms with Crippen LogP contribution in [0.4, 0.5) is 17.1 Å². The number of nitrogens with zero attached hydrogens (tertiary/aromatic N) is 4. The Hall–Kier alpha value is -3.46. The van der Waals surface area contributed by atoms with Crippen molar-refractivity contribution in [3.8, 4) is 0 Å². The summed E-state index contributed by atoms with van der Waals surface area (Å²) >= 11 is 1.82. The molecule has 0 bridgehead atoms. The number of rotatable bonds is 2. The molecule has 2 aliphatic rings. The summed E-state index contributed by atoms with van der Waals surface area (Å²) in [6.45, 7) is 3.22. The number of fused-ring (bicyclic) bond motifs is 2. The fourth-order valence-electron chi connectivity index (χ4n) is 4.31. The molecule has 32 heavy (non-hydrogen) atoms. The van der Waals surface area contributed by atoms with E-state index in [1.807, 2.05) is 36.0 Å². The molecule has 2 aromatic carbocycles. The van der Waals surface area contributed by atoms with E-state index in [2.05, 4.69) is 15.9 Å². The predicted molar refractivity (Wildman–Crippen MR) is 129 cm³/mol. The zero-order chi connectivity index (χ0) is 22.4. The summed E-state index contributed by atoms with van der Waals surface area (Å²) in [6, 6.07) is 11.7. The molecule has 1 saturated heterocycles. The fraction of sp³-hybridized carbons (Fsp3) is 0.261. The van der Waals surface area contributed by atoms with Crippen LogP contribution in [0, 0.1) is 0 Å². The maximum Gasteiger partial charge on any atom is 0.341 e. The minimum absolute atomic E-state index is 0.256. The van der Waals surface area contributed by atoms with E-state index in [1.165, 1.54) is 11.1 Å². The van der Waals surface area contributed by atoms with Crippen molar-refractivity contribution in [3.63, 3.8) is 0 Å². The van der Waals surface area contributed by atoms with Gasteiger partial charge in [0, 0.05) is 49.7 Å². The Morgan fingerprint density at radius 3 is 2.59 bits per heavy atom. The van der Waals surface area contributed by atoms with Crippen LogP contribution in [0.25, 0.3) is 10.9 Å². The maximum atomic E-state index is 12.6. The van der Waals surface area contributed by atoms with Gasteiger partial charge < -0.3 is 25.2 Å². The van der Waals surface area contributed by atoms with Crippen LogP contribution in [0.3, 0.4) is 0 Å². The second kappa shape index (κ2) is 7.90. The molecular weight excluding hydrogens is 426 g/mol. The molecule has 3 heterocycles. The highest BCUT2D eigenvalue weighted by atomic mass is 32.2. The van der Waals surface area contributed by atoms with Gasteiger partial charge in [0.15, 0.2) is 0 Å². The standard InChI is InChI=1S/C23H23N5O3S/c1-26-12-15(23(30)31)22(29)14-10-16(24)19(11-18(14)26)27-6-8-28(9-7-27)21-13-32-20-5-3-2-4-17(20)25-21/h2-5,10-12H,6-9,13,24H2,1H3,(H,30,31). The first-order valence-corrected chi connectivity index (χ1v) is 11.4. The summed E-state index contributed by atoms with van der Waals surface area (Å²) < 4.78 is 1.67. The zero-order valence-corrected chi connectivity index (χ0v) is 18.4. The number of aryl methyl sites for hydroxylation is 1. The van der Waals surface area contributed by atoms with Crippen molar-refractivity contribution >= 4 is 51.5 Å². The van der Waals surface area contributed by atoms with E-state index < -0.39 is 11.4 Å². The lowest BCUT2D eigenvalue weighted by atomic mass is 10.1. The Bertz CT molecular complexity index is 1330. The van der Waals surface area contributed by atoms with Gasteiger partial charge in [-0.25, -0.2) is 9.79 Å². The molecule has 1 aromatic heterocycles. The number of amidine groups is 1. The van der Waals surface area contributed by atoms with Crippen molar-refractivity contribution in [1.82, 2.24) is 9.47 Å². The van der Waals surface area contributed by atoms with Crippen LogP contribution in [-0.2, 0) is 7.05 Å². The van der Waals surface area contributed by atoms with Crippen molar-refractivity contribution in [1.29, 1.82) is 0 Å². The van der Waals surface area contributed by atoms with Crippen LogP contribution < -0.4 is 16.1 Å². The van der Waals surface area contributed by atoms with E-state index in [0.29, 0.717) is 16.6 Å². The largest absolute Gasteiger partial charge is 0.477 e. The molecule has 9 heteroatoms. The van der Waals surface area contributed by atoms with Crippen LogP contribution in [0.1, 0.15) is 10.4 Å². The third-order valence-corrected chi connectivity index (χ3v) is 7.08. The molecule has 3 N–H and O–H groups in total. The van der Waals surface area contributed by atoms with E-state index >= 15 is 0 Å². The third kappa shape index (κ3) is 3.48. The highest BCUT2D eigenvalue weighted by Gasteiger charge is 2.24. The van der Waals surface area contributed by atoms with E-state index in [4.69, 9.17) is 10.7 Å². The van der Waals surface area contributed by atoms with Gasteiger partial charge in [-0.2, -0.15) is 0 Å². The molecular formula is C23H23N5O3S. The molecule has 0 atom stereocenters. The summed E-state index contributed by atoms with van der Waals surface area (Å²) in [5.41, 5.74) is 8.58. The third-order valence-electron chi connectivity index (χ3n) is 6.02. The number of thioether (sulfide) groups is 1. The number of carboxylic acid groups (broad SMARTS) is 1. The molecule has 0 spiro atoms. The summed E-state index contributed by atoms with van der Waals surface area (Å²) in [5.74, 6) is 0.726. The number of piperazine rings is 1. The summed E-state index contributed by atoms with van der Waals surface area (Å²) in [5, 5.41) is 9.61. The fourth-order valence-corrected chi connectivity index (χ4v) is 5.28. The number of carbonyl (C=O) groups is 1. The van der Waals surface area contributed by atoms with Crippen LogP contribution in [0.15, 0.2) is 57.3 Å². The van der Waals surface area contributed by atoms with Gasteiger partial charge in [0.1, 0.15) is 11.4 Å². The van der Waals surface area contributed by atoms with Gasteiger partial charge in [-0.3, -0.25) is 4.79 Å². The van der Waals surface area contributed by atoms with Crippen molar-refractivity contribution in [2.75, 3.05) is 42.6 Å². The number of carboxylic acids is 1. The predicted octanol–water partition coefficient (Wildman–Crippen LogP) is 2.78. The number of pyridine rings is 1. The number of para-hydroxylation sites is 1. The number of aromatic nitrogens is 1. The van der Waals surface area contributed by atoms with Crippen molar-refractivity contribution in [2.45, 2.75) is 4.90 Å². The molecule has 0 radical (unpaired) electrons. The highest BCUT2D eigenvalue weighted by molar-refractivity contribution is 8.00. The van der Waals surface area contributed by atoms with Crippen molar-refractivity contribution in [2.24, 2.45) is 12.0 Å². The second-order valence-corrected chi connectivity index (χ2v) is 8.99. The molecule has 0 saturated carbocycles. The number of hydrogen-bond acceptors (Lipinski definition) is 7. The lowest BCUT2D eigenvalue weighted by Gasteiger charge is -2.39. The molecule has 0 amide bonds. The average molecular weight is 450 g/mol. The van der Waals surface area contributed by atoms with Crippen LogP contribution >= 0.6 is 11.8 Å². The molecule has 5 rings (SSSR count). The first-order chi connectivity index (χ1) is 15.4. The number of benzene rings is 2. The van der Waals surface area contributed by atoms with Crippen LogP contribution in [0.5, 0.6) is 0 Å².